The molecule has 4 rings (SSSR count). The van der Waals surface area contributed by atoms with Crippen LogP contribution in [0.1, 0.15) is 5.82 Å². The molecule has 0 saturated carbocycles. The van der Waals surface area contributed by atoms with Crippen LogP contribution in [0, 0.1) is 0 Å². The molecule has 0 atom stereocenters. The Kier molecular flexibility index (Phi) is 6.85. The molecular weight excluding hydrogens is 446 g/mol. The number of para-hydroxylation sites is 2. The molecule has 0 unspecified atom stereocenters. The number of nitrogens with zero attached hydrogens (tertiary/aromatic N) is 4. The summed E-state index contributed by atoms with van der Waals surface area (Å²) in [6.07, 6.45) is 2.00. The average molecular weight is 474 g/mol. The number of hydrogen-bond donors (Lipinski definition) is 1. The first-order valence-electron chi connectivity index (χ1n) is 10.4. The van der Waals surface area contributed by atoms with Crippen LogP contribution in [0.25, 0.3) is 11.0 Å². The Hall–Kier alpha value is -2.40. The zero-order valence-corrected chi connectivity index (χ0v) is 19.8. The molecule has 32 heavy (non-hydrogen) atoms. The highest BCUT2D eigenvalue weighted by Gasteiger charge is 2.27. The number of thioether (sulfide) groups is 1. The predicted octanol–water partition coefficient (Wildman–Crippen LogP) is 2.47. The van der Waals surface area contributed by atoms with Gasteiger partial charge < -0.3 is 14.8 Å². The van der Waals surface area contributed by atoms with Gasteiger partial charge in [-0.25, -0.2) is 13.4 Å². The predicted molar refractivity (Wildman–Crippen MR) is 128 cm³/mol. The molecule has 2 aromatic carbocycles. The van der Waals surface area contributed by atoms with Crippen molar-refractivity contribution >= 4 is 44.4 Å². The summed E-state index contributed by atoms with van der Waals surface area (Å²) in [4.78, 5) is 19.7. The molecule has 0 radical (unpaired) electrons. The van der Waals surface area contributed by atoms with Crippen LogP contribution in [0.2, 0.25) is 0 Å². The van der Waals surface area contributed by atoms with Crippen LogP contribution in [0.4, 0.5) is 5.69 Å². The molecule has 2 heterocycles. The first-order chi connectivity index (χ1) is 15.4. The zero-order valence-electron chi connectivity index (χ0n) is 18.2. The molecule has 0 bridgehead atoms. The van der Waals surface area contributed by atoms with Crippen molar-refractivity contribution in [1.29, 1.82) is 0 Å². The molecule has 1 aliphatic heterocycles. The number of sulfonamides is 1. The first kappa shape index (κ1) is 22.8. The second-order valence-electron chi connectivity index (χ2n) is 7.82. The molecule has 1 aliphatic rings. The Bertz CT molecular complexity index is 1200. The molecule has 170 valence electrons. The number of likely N-dealkylation sites (N-methyl/N-ethyl adjacent to an activating group) is 1. The largest absolute Gasteiger partial charge is 0.325 e. The quantitative estimate of drug-likeness (QED) is 0.567. The van der Waals surface area contributed by atoms with E-state index in [1.54, 1.807) is 36.0 Å². The van der Waals surface area contributed by atoms with Crippen molar-refractivity contribution in [2.24, 2.45) is 0 Å². The molecule has 1 saturated heterocycles. The SMILES string of the molecule is CSCc1nc2ccccc2n1CC(=O)Nc1ccc(S(=O)(=O)N2CCN(C)CC2)cc1. The van der Waals surface area contributed by atoms with E-state index < -0.39 is 10.0 Å². The third-order valence-electron chi connectivity index (χ3n) is 5.55. The third-order valence-corrected chi connectivity index (χ3v) is 8.01. The van der Waals surface area contributed by atoms with Crippen LogP contribution in [0.3, 0.4) is 0 Å². The summed E-state index contributed by atoms with van der Waals surface area (Å²) in [6.45, 7) is 2.53. The van der Waals surface area contributed by atoms with Gasteiger partial charge in [-0.3, -0.25) is 4.79 Å². The van der Waals surface area contributed by atoms with Gasteiger partial charge in [-0.2, -0.15) is 16.1 Å². The van der Waals surface area contributed by atoms with E-state index in [2.05, 4.69) is 15.2 Å². The van der Waals surface area contributed by atoms with Crippen molar-refractivity contribution in [3.63, 3.8) is 0 Å². The number of piperazine rings is 1. The number of rotatable bonds is 7. The lowest BCUT2D eigenvalue weighted by molar-refractivity contribution is -0.116. The monoisotopic (exact) mass is 473 g/mol. The number of benzene rings is 2. The van der Waals surface area contributed by atoms with E-state index in [0.29, 0.717) is 24.5 Å². The van der Waals surface area contributed by atoms with Crippen molar-refractivity contribution in [1.82, 2.24) is 18.8 Å². The maximum atomic E-state index is 12.9. The van der Waals surface area contributed by atoms with Crippen LogP contribution in [0.15, 0.2) is 53.4 Å². The summed E-state index contributed by atoms with van der Waals surface area (Å²) in [7, 11) is -1.54. The van der Waals surface area contributed by atoms with Crippen LogP contribution in [-0.2, 0) is 27.1 Å². The lowest BCUT2D eigenvalue weighted by Gasteiger charge is -2.31. The van der Waals surface area contributed by atoms with E-state index in [0.717, 1.165) is 29.9 Å². The Morgan fingerprint density at radius 2 is 1.75 bits per heavy atom. The van der Waals surface area contributed by atoms with E-state index in [9.17, 15) is 13.2 Å². The average Bonchev–Trinajstić information content (AvgIpc) is 3.12. The van der Waals surface area contributed by atoms with Gasteiger partial charge in [0.1, 0.15) is 12.4 Å². The van der Waals surface area contributed by atoms with Gasteiger partial charge in [-0.05, 0) is 49.7 Å². The minimum absolute atomic E-state index is 0.137. The van der Waals surface area contributed by atoms with Gasteiger partial charge in [0.2, 0.25) is 15.9 Å². The normalized spacial score (nSPS) is 15.8. The summed E-state index contributed by atoms with van der Waals surface area (Å²) >= 11 is 1.65. The van der Waals surface area contributed by atoms with E-state index in [-0.39, 0.29) is 17.3 Å². The van der Waals surface area contributed by atoms with Crippen LogP contribution in [0.5, 0.6) is 0 Å². The van der Waals surface area contributed by atoms with Gasteiger partial charge in [0.15, 0.2) is 0 Å². The van der Waals surface area contributed by atoms with Crippen LogP contribution in [-0.4, -0.2) is 72.6 Å². The number of carbonyl (C=O) groups excluding carboxylic acids is 1. The zero-order chi connectivity index (χ0) is 22.7. The van der Waals surface area contributed by atoms with Gasteiger partial charge in [0.05, 0.1) is 21.7 Å². The Morgan fingerprint density at radius 3 is 2.44 bits per heavy atom. The fourth-order valence-electron chi connectivity index (χ4n) is 3.77. The molecule has 3 aromatic rings. The summed E-state index contributed by atoms with van der Waals surface area (Å²) in [5.74, 6) is 1.37. The van der Waals surface area contributed by atoms with Gasteiger partial charge in [0, 0.05) is 31.9 Å². The maximum Gasteiger partial charge on any atom is 0.244 e. The van der Waals surface area contributed by atoms with Gasteiger partial charge in [-0.15, -0.1) is 0 Å². The Balaban J connectivity index is 1.46. The molecule has 10 heteroatoms. The van der Waals surface area contributed by atoms with Crippen LogP contribution >= 0.6 is 11.8 Å². The van der Waals surface area contributed by atoms with Crippen molar-refractivity contribution in [3.8, 4) is 0 Å². The fourth-order valence-corrected chi connectivity index (χ4v) is 5.67. The minimum Gasteiger partial charge on any atom is -0.325 e. The van der Waals surface area contributed by atoms with Crippen molar-refractivity contribution in [3.05, 3.63) is 54.4 Å². The molecule has 1 fully saturated rings. The second kappa shape index (κ2) is 9.62. The van der Waals surface area contributed by atoms with E-state index in [1.807, 2.05) is 42.1 Å². The molecule has 1 aromatic heterocycles. The maximum absolute atomic E-state index is 12.9. The lowest BCUT2D eigenvalue weighted by atomic mass is 10.3. The highest BCUT2D eigenvalue weighted by Crippen LogP contribution is 2.21. The molecule has 0 spiro atoms. The molecule has 1 amide bonds. The minimum atomic E-state index is -3.53. The number of hydrogen-bond acceptors (Lipinski definition) is 6. The van der Waals surface area contributed by atoms with Gasteiger partial charge >= 0.3 is 0 Å². The summed E-state index contributed by atoms with van der Waals surface area (Å²) in [6, 6.07) is 14.1. The van der Waals surface area contributed by atoms with Gasteiger partial charge in [0.25, 0.3) is 0 Å². The summed E-state index contributed by atoms with van der Waals surface area (Å²) in [5, 5.41) is 2.87. The first-order valence-corrected chi connectivity index (χ1v) is 13.2. The van der Waals surface area contributed by atoms with Crippen molar-refractivity contribution in [2.75, 3.05) is 44.8 Å². The fraction of sp³-hybridized carbons (Fsp3) is 0.364. The van der Waals surface area contributed by atoms with E-state index >= 15 is 0 Å². The highest BCUT2D eigenvalue weighted by atomic mass is 32.2. The standard InChI is InChI=1S/C22H27N5O3S2/c1-25-11-13-26(14-12-25)32(29,30)18-9-7-17(8-10-18)23-22(28)15-27-20-6-4-3-5-19(20)24-21(27)16-31-2/h3-10H,11-16H2,1-2H3,(H,23,28). The number of aromatic nitrogens is 2. The molecular formula is C22H27N5O3S2. The summed E-state index contributed by atoms with van der Waals surface area (Å²) < 4.78 is 29.2. The number of nitrogens with one attached hydrogen (secondary N) is 1. The third kappa shape index (κ3) is 4.83. The molecule has 0 aliphatic carbocycles. The molecule has 1 N–H and O–H groups in total. The van der Waals surface area contributed by atoms with Crippen molar-refractivity contribution < 1.29 is 13.2 Å². The highest BCUT2D eigenvalue weighted by molar-refractivity contribution is 7.97. The smallest absolute Gasteiger partial charge is 0.244 e. The van der Waals surface area contributed by atoms with E-state index in [1.165, 1.54) is 4.31 Å². The van der Waals surface area contributed by atoms with Gasteiger partial charge in [-0.1, -0.05) is 12.1 Å². The summed E-state index contributed by atoms with van der Waals surface area (Å²) in [5.41, 5.74) is 2.34. The van der Waals surface area contributed by atoms with E-state index in [4.69, 9.17) is 0 Å². The number of anilines is 1. The number of imidazole rings is 1. The number of carbonyl (C=O) groups is 1. The van der Waals surface area contributed by atoms with Crippen LogP contribution < -0.4 is 5.32 Å². The Morgan fingerprint density at radius 1 is 1.06 bits per heavy atom. The number of fused-ring (bicyclic) bond motifs is 1. The molecule has 8 nitrogen and oxygen atoms in total. The second-order valence-corrected chi connectivity index (χ2v) is 10.6. The number of amides is 1. The lowest BCUT2D eigenvalue weighted by Crippen LogP contribution is -2.46. The van der Waals surface area contributed by atoms with Crippen molar-refractivity contribution in [2.45, 2.75) is 17.2 Å². The Labute approximate surface area is 192 Å². The topological polar surface area (TPSA) is 87.5 Å².